The molecule has 0 atom stereocenters. The summed E-state index contributed by atoms with van der Waals surface area (Å²) in [5.74, 6) is -0.0788. The number of carbonyl (C=O) groups excluding carboxylic acids is 1. The summed E-state index contributed by atoms with van der Waals surface area (Å²) in [4.78, 5) is 33.7. The van der Waals surface area contributed by atoms with Crippen LogP contribution in [0.25, 0.3) is 22.3 Å². The van der Waals surface area contributed by atoms with E-state index < -0.39 is 11.6 Å². The van der Waals surface area contributed by atoms with Crippen LogP contribution in [0.5, 0.6) is 0 Å². The second kappa shape index (κ2) is 9.47. The summed E-state index contributed by atoms with van der Waals surface area (Å²) < 4.78 is 31.7. The second-order valence-corrected chi connectivity index (χ2v) is 9.68. The van der Waals surface area contributed by atoms with Gasteiger partial charge in [-0.3, -0.25) is 4.79 Å². The maximum atomic E-state index is 15.0. The molecule has 0 aliphatic carbocycles. The Morgan fingerprint density at radius 2 is 1.89 bits per heavy atom. The van der Waals surface area contributed by atoms with E-state index in [1.54, 1.807) is 23.1 Å². The third-order valence-corrected chi connectivity index (χ3v) is 6.35. The van der Waals surface area contributed by atoms with Gasteiger partial charge in [-0.25, -0.2) is 28.7 Å². The normalized spacial score (nSPS) is 13.3. The van der Waals surface area contributed by atoms with Gasteiger partial charge >= 0.3 is 0 Å². The zero-order valence-corrected chi connectivity index (χ0v) is 21.4. The van der Waals surface area contributed by atoms with Gasteiger partial charge in [-0.1, -0.05) is 0 Å². The lowest BCUT2D eigenvalue weighted by Crippen LogP contribution is -2.31. The largest absolute Gasteiger partial charge is 0.331 e. The molecule has 5 rings (SSSR count). The fourth-order valence-corrected chi connectivity index (χ4v) is 4.61. The van der Waals surface area contributed by atoms with Crippen LogP contribution in [0, 0.1) is 18.6 Å². The van der Waals surface area contributed by atoms with Gasteiger partial charge in [0.05, 0.1) is 29.5 Å². The molecule has 0 spiro atoms. The molecule has 1 amide bonds. The number of aromatic nitrogens is 5. The minimum Gasteiger partial charge on any atom is -0.331 e. The topological polar surface area (TPSA) is 92.1 Å². The molecular weight excluding hydrogens is 478 g/mol. The number of rotatable bonds is 7. The predicted octanol–water partition coefficient (Wildman–Crippen LogP) is 4.32. The van der Waals surface area contributed by atoms with Crippen LogP contribution < -0.4 is 5.32 Å². The number of amides is 1. The van der Waals surface area contributed by atoms with Crippen molar-refractivity contribution in [3.63, 3.8) is 0 Å². The van der Waals surface area contributed by atoms with E-state index in [0.29, 0.717) is 41.5 Å². The van der Waals surface area contributed by atoms with Gasteiger partial charge in [-0.15, -0.1) is 0 Å². The average Bonchev–Trinajstić information content (AvgIpc) is 3.34. The number of carbonyl (C=O) groups is 1. The Bertz CT molecular complexity index is 1510. The number of anilines is 2. The summed E-state index contributed by atoms with van der Waals surface area (Å²) in [7, 11) is 3.91. The van der Waals surface area contributed by atoms with Gasteiger partial charge in [0.1, 0.15) is 22.9 Å². The number of imidazole rings is 1. The van der Waals surface area contributed by atoms with Crippen molar-refractivity contribution in [2.45, 2.75) is 33.4 Å². The minimum absolute atomic E-state index is 0.0429. The zero-order chi connectivity index (χ0) is 26.4. The van der Waals surface area contributed by atoms with E-state index >= 15 is 0 Å². The van der Waals surface area contributed by atoms with E-state index in [0.717, 1.165) is 12.7 Å². The van der Waals surface area contributed by atoms with Crippen LogP contribution in [0.15, 0.2) is 30.5 Å². The van der Waals surface area contributed by atoms with Crippen LogP contribution in [0.3, 0.4) is 0 Å². The number of benzene rings is 1. The van der Waals surface area contributed by atoms with Crippen molar-refractivity contribution in [3.8, 4) is 11.3 Å². The van der Waals surface area contributed by atoms with Gasteiger partial charge in [-0.2, -0.15) is 0 Å². The fourth-order valence-electron chi connectivity index (χ4n) is 4.61. The Morgan fingerprint density at radius 1 is 1.11 bits per heavy atom. The molecule has 1 N–H and O–H groups in total. The SMILES string of the molecule is Cc1nc2c(F)cc(-c3nc(Nc4ccc5c(n4)CN(CCN(C)C)C5=O)ncc3F)cc2n1C(C)C. The molecule has 4 aromatic rings. The number of pyridine rings is 1. The highest BCUT2D eigenvalue weighted by Crippen LogP contribution is 2.31. The van der Waals surface area contributed by atoms with Gasteiger partial charge in [0.15, 0.2) is 11.6 Å². The fraction of sp³-hybridized carbons (Fsp3) is 0.346. The lowest BCUT2D eigenvalue weighted by Gasteiger charge is -2.18. The summed E-state index contributed by atoms with van der Waals surface area (Å²) >= 11 is 0. The first-order chi connectivity index (χ1) is 17.6. The van der Waals surface area contributed by atoms with Crippen molar-refractivity contribution in [1.29, 1.82) is 0 Å². The number of nitrogens with one attached hydrogen (secondary N) is 1. The summed E-state index contributed by atoms with van der Waals surface area (Å²) in [6.07, 6.45) is 1.04. The van der Waals surface area contributed by atoms with Crippen LogP contribution in [0.4, 0.5) is 20.5 Å². The van der Waals surface area contributed by atoms with E-state index in [2.05, 4.69) is 25.3 Å². The number of aryl methyl sites for hydroxylation is 1. The number of fused-ring (bicyclic) bond motifs is 2. The minimum atomic E-state index is -0.680. The lowest BCUT2D eigenvalue weighted by atomic mass is 10.1. The van der Waals surface area contributed by atoms with E-state index in [9.17, 15) is 13.6 Å². The third kappa shape index (κ3) is 4.62. The third-order valence-electron chi connectivity index (χ3n) is 6.35. The molecule has 192 valence electrons. The molecular formula is C26H28F2N8O. The summed E-state index contributed by atoms with van der Waals surface area (Å²) in [5, 5.41) is 2.99. The molecule has 0 bridgehead atoms. The lowest BCUT2D eigenvalue weighted by molar-refractivity contribution is 0.0768. The molecule has 1 aliphatic heterocycles. The first-order valence-electron chi connectivity index (χ1n) is 12.0. The van der Waals surface area contributed by atoms with Crippen LogP contribution in [0.2, 0.25) is 0 Å². The molecule has 37 heavy (non-hydrogen) atoms. The number of nitrogens with zero attached hydrogens (tertiary/aromatic N) is 7. The van der Waals surface area contributed by atoms with Crippen LogP contribution in [-0.2, 0) is 6.54 Å². The Hall–Kier alpha value is -3.99. The van der Waals surface area contributed by atoms with E-state index in [4.69, 9.17) is 0 Å². The average molecular weight is 507 g/mol. The van der Waals surface area contributed by atoms with Gasteiger partial charge in [-0.05, 0) is 59.1 Å². The highest BCUT2D eigenvalue weighted by atomic mass is 19.1. The zero-order valence-electron chi connectivity index (χ0n) is 21.4. The molecule has 11 heteroatoms. The van der Waals surface area contributed by atoms with Crippen molar-refractivity contribution in [3.05, 3.63) is 59.2 Å². The molecule has 0 fully saturated rings. The molecule has 0 saturated carbocycles. The molecule has 1 aliphatic rings. The number of hydrogen-bond acceptors (Lipinski definition) is 7. The Morgan fingerprint density at radius 3 is 2.62 bits per heavy atom. The van der Waals surface area contributed by atoms with Gasteiger partial charge < -0.3 is 19.7 Å². The smallest absolute Gasteiger partial charge is 0.256 e. The summed E-state index contributed by atoms with van der Waals surface area (Å²) in [5.41, 5.74) is 2.25. The maximum Gasteiger partial charge on any atom is 0.256 e. The van der Waals surface area contributed by atoms with Crippen molar-refractivity contribution in [2.24, 2.45) is 0 Å². The van der Waals surface area contributed by atoms with E-state index in [-0.39, 0.29) is 34.7 Å². The van der Waals surface area contributed by atoms with Crippen LogP contribution >= 0.6 is 0 Å². The molecule has 1 aromatic carbocycles. The quantitative estimate of drug-likeness (QED) is 0.399. The molecule has 0 saturated heterocycles. The summed E-state index contributed by atoms with van der Waals surface area (Å²) in [6.45, 7) is 7.53. The highest BCUT2D eigenvalue weighted by molar-refractivity contribution is 5.98. The molecule has 9 nitrogen and oxygen atoms in total. The first kappa shape index (κ1) is 24.7. The summed E-state index contributed by atoms with van der Waals surface area (Å²) in [6, 6.07) is 6.34. The number of hydrogen-bond donors (Lipinski definition) is 1. The highest BCUT2D eigenvalue weighted by Gasteiger charge is 2.28. The number of likely N-dealkylation sites (N-methyl/N-ethyl adjacent to an activating group) is 1. The van der Waals surface area contributed by atoms with Crippen molar-refractivity contribution in [1.82, 2.24) is 34.3 Å². The van der Waals surface area contributed by atoms with Gasteiger partial charge in [0.2, 0.25) is 5.95 Å². The first-order valence-corrected chi connectivity index (χ1v) is 12.0. The molecule has 3 aromatic heterocycles. The van der Waals surface area contributed by atoms with E-state index in [1.807, 2.05) is 44.3 Å². The molecule has 0 unspecified atom stereocenters. The van der Waals surface area contributed by atoms with Crippen molar-refractivity contribution < 1.29 is 13.6 Å². The maximum absolute atomic E-state index is 15.0. The molecule has 0 radical (unpaired) electrons. The van der Waals surface area contributed by atoms with Gasteiger partial charge in [0, 0.05) is 24.7 Å². The standard InChI is InChI=1S/C26H28F2N8O/c1-14(2)36-15(3)30-24-18(27)10-16(11-21(24)36)23-19(28)12-29-26(33-23)32-22-7-6-17-20(31-22)13-35(25(17)37)9-8-34(4)5/h6-7,10-12,14H,8-9,13H2,1-5H3,(H,29,31,32,33). The van der Waals surface area contributed by atoms with Crippen molar-refractivity contribution in [2.75, 3.05) is 32.5 Å². The Kier molecular flexibility index (Phi) is 6.32. The van der Waals surface area contributed by atoms with Crippen molar-refractivity contribution >= 4 is 28.7 Å². The predicted molar refractivity (Wildman–Crippen MR) is 137 cm³/mol. The Balaban J connectivity index is 1.44. The molecule has 4 heterocycles. The Labute approximate surface area is 213 Å². The number of halogens is 2. The second-order valence-electron chi connectivity index (χ2n) is 9.68. The van der Waals surface area contributed by atoms with Crippen LogP contribution in [-0.4, -0.2) is 67.4 Å². The van der Waals surface area contributed by atoms with E-state index in [1.165, 1.54) is 6.07 Å². The van der Waals surface area contributed by atoms with Crippen LogP contribution in [0.1, 0.15) is 41.8 Å². The van der Waals surface area contributed by atoms with Gasteiger partial charge in [0.25, 0.3) is 5.91 Å². The monoisotopic (exact) mass is 506 g/mol.